The predicted molar refractivity (Wildman–Crippen MR) is 184 cm³/mol. The van der Waals surface area contributed by atoms with Gasteiger partial charge in [-0.15, -0.1) is 11.3 Å². The molecule has 0 saturated carbocycles. The first-order valence-electron chi connectivity index (χ1n) is 16.7. The lowest BCUT2D eigenvalue weighted by molar-refractivity contribution is -0.138. The van der Waals surface area contributed by atoms with E-state index in [9.17, 15) is 36.6 Å². The molecule has 0 bridgehead atoms. The summed E-state index contributed by atoms with van der Waals surface area (Å²) in [7, 11) is -3.58. The summed E-state index contributed by atoms with van der Waals surface area (Å²) in [6, 6.07) is 3.88. The fraction of sp³-hybridized carbons (Fsp3) is 0.576. The Balaban J connectivity index is 1.24. The Morgan fingerprint density at radius 2 is 1.86 bits per heavy atom. The van der Waals surface area contributed by atoms with Crippen molar-refractivity contribution in [2.45, 2.75) is 83.2 Å². The van der Waals surface area contributed by atoms with E-state index >= 15 is 0 Å². The molecule has 17 heteroatoms. The van der Waals surface area contributed by atoms with Crippen molar-refractivity contribution in [2.75, 3.05) is 39.0 Å². The second kappa shape index (κ2) is 14.8. The minimum Gasteiger partial charge on any atom is -0.390 e. The van der Waals surface area contributed by atoms with E-state index in [1.54, 1.807) is 17.0 Å². The maximum Gasteiger partial charge on any atom is 0.416 e. The molecule has 2 atom stereocenters. The number of nitrogens with one attached hydrogen (secondary N) is 1. The number of carbonyl (C=O) groups is 1. The van der Waals surface area contributed by atoms with Crippen LogP contribution in [0, 0.1) is 6.92 Å². The van der Waals surface area contributed by atoms with Gasteiger partial charge in [-0.25, -0.2) is 8.42 Å². The van der Waals surface area contributed by atoms with Crippen LogP contribution in [-0.2, 0) is 47.0 Å². The summed E-state index contributed by atoms with van der Waals surface area (Å²) >= 11 is 7.47. The van der Waals surface area contributed by atoms with Crippen LogP contribution in [0.1, 0.15) is 64.7 Å². The Morgan fingerprint density at radius 3 is 2.48 bits per heavy atom. The highest BCUT2D eigenvalue weighted by atomic mass is 35.5. The topological polar surface area (TPSA) is 131 Å². The monoisotopic (exact) mass is 758 g/mol. The Hall–Kier alpha value is -2.57. The maximum absolute atomic E-state index is 14.2. The van der Waals surface area contributed by atoms with Crippen molar-refractivity contribution in [2.24, 2.45) is 0 Å². The first-order chi connectivity index (χ1) is 23.6. The molecule has 3 aromatic rings. The average molecular weight is 759 g/mol. The minimum atomic E-state index is -4.67. The number of aliphatic hydroxyl groups excluding tert-OH is 2. The Morgan fingerprint density at radius 1 is 1.12 bits per heavy atom. The van der Waals surface area contributed by atoms with Crippen molar-refractivity contribution in [3.8, 4) is 11.3 Å². The molecule has 0 aliphatic carbocycles. The zero-order chi connectivity index (χ0) is 36.0. The molecular weight excluding hydrogens is 717 g/mol. The molecule has 3 N–H and O–H groups in total. The van der Waals surface area contributed by atoms with Gasteiger partial charge in [0, 0.05) is 81.5 Å². The molecule has 1 amide bonds. The molecule has 2 unspecified atom stereocenters. The highest BCUT2D eigenvalue weighted by molar-refractivity contribution is 7.88. The fourth-order valence-corrected chi connectivity index (χ4v) is 9.29. The van der Waals surface area contributed by atoms with Crippen LogP contribution in [0.3, 0.4) is 0 Å². The second-order valence-corrected chi connectivity index (χ2v) is 16.7. The number of hydrogen-bond donors (Lipinski definition) is 3. The molecule has 3 aliphatic rings. The highest BCUT2D eigenvalue weighted by Crippen LogP contribution is 2.38. The minimum absolute atomic E-state index is 0.00806. The number of β-amino-alcohol motifs (C(OH)–C–C–N with tert-alkyl or cyclic N) is 1. The first kappa shape index (κ1) is 37.2. The van der Waals surface area contributed by atoms with E-state index in [0.29, 0.717) is 46.1 Å². The van der Waals surface area contributed by atoms with Crippen molar-refractivity contribution in [3.63, 3.8) is 0 Å². The lowest BCUT2D eigenvalue weighted by atomic mass is 9.97. The van der Waals surface area contributed by atoms with Gasteiger partial charge in [0.1, 0.15) is 6.23 Å². The number of alkyl halides is 3. The number of hydrogen-bond acceptors (Lipinski definition) is 9. The molecule has 2 saturated heterocycles. The highest BCUT2D eigenvalue weighted by Gasteiger charge is 2.36. The van der Waals surface area contributed by atoms with Gasteiger partial charge in [0.15, 0.2) is 0 Å². The third-order valence-electron chi connectivity index (χ3n) is 9.87. The van der Waals surface area contributed by atoms with Gasteiger partial charge in [0.2, 0.25) is 15.9 Å². The molecular formula is C33H42ClF3N6O5S2. The number of aliphatic hydroxyl groups is 2. The van der Waals surface area contributed by atoms with Gasteiger partial charge in [-0.2, -0.15) is 22.6 Å². The van der Waals surface area contributed by atoms with E-state index in [2.05, 4.69) is 10.2 Å². The van der Waals surface area contributed by atoms with Crippen LogP contribution in [0.4, 0.5) is 13.2 Å². The maximum atomic E-state index is 14.2. The van der Waals surface area contributed by atoms with Crippen molar-refractivity contribution in [1.29, 1.82) is 0 Å². The standard InChI is InChI=1S/C33H42ClF3N6O5S2/c1-20-19-49-31(29(20)34)32(46)38-15-22-14-21(5-6-26(22)33(35,36)37)30-25-18-41(50(2,47)48)13-9-27(25)43(39-30)17-24(44)16-40-11-7-23(8-12-40)42-10-3-4-28(42)45/h5-6,14,19,23-24,32,38,44,46H,3-4,7-13,15-18H2,1-2H3. The molecule has 50 heavy (non-hydrogen) atoms. The van der Waals surface area contributed by atoms with Gasteiger partial charge < -0.3 is 20.0 Å². The second-order valence-electron chi connectivity index (χ2n) is 13.4. The molecule has 5 heterocycles. The molecule has 274 valence electrons. The summed E-state index contributed by atoms with van der Waals surface area (Å²) in [6.45, 7) is 4.42. The zero-order valence-corrected chi connectivity index (χ0v) is 30.3. The van der Waals surface area contributed by atoms with Crippen LogP contribution in [0.25, 0.3) is 11.3 Å². The first-order valence-corrected chi connectivity index (χ1v) is 19.8. The van der Waals surface area contributed by atoms with Crippen LogP contribution in [-0.4, -0.2) is 99.5 Å². The molecule has 0 spiro atoms. The number of piperidine rings is 1. The van der Waals surface area contributed by atoms with Crippen LogP contribution >= 0.6 is 22.9 Å². The lowest BCUT2D eigenvalue weighted by Gasteiger charge is -2.37. The van der Waals surface area contributed by atoms with Gasteiger partial charge in [-0.1, -0.05) is 17.7 Å². The number of aromatic nitrogens is 2. The van der Waals surface area contributed by atoms with Gasteiger partial charge in [0.05, 0.1) is 40.1 Å². The summed E-state index contributed by atoms with van der Waals surface area (Å²) in [6.07, 6.45) is -2.17. The van der Waals surface area contributed by atoms with E-state index < -0.39 is 34.1 Å². The molecule has 0 radical (unpaired) electrons. The smallest absolute Gasteiger partial charge is 0.390 e. The Kier molecular flexibility index (Phi) is 11.0. The third kappa shape index (κ3) is 8.07. The number of sulfonamides is 1. The summed E-state index contributed by atoms with van der Waals surface area (Å²) in [5.74, 6) is 0.213. The van der Waals surface area contributed by atoms with E-state index in [4.69, 9.17) is 16.7 Å². The van der Waals surface area contributed by atoms with E-state index in [0.717, 1.165) is 62.5 Å². The molecule has 2 fully saturated rings. The zero-order valence-electron chi connectivity index (χ0n) is 27.9. The Labute approximate surface area is 298 Å². The largest absolute Gasteiger partial charge is 0.416 e. The summed E-state index contributed by atoms with van der Waals surface area (Å²) in [5.41, 5.74) is 1.73. The number of thiophene rings is 1. The van der Waals surface area contributed by atoms with Crippen molar-refractivity contribution in [1.82, 2.24) is 29.2 Å². The van der Waals surface area contributed by atoms with Gasteiger partial charge in [-0.3, -0.25) is 14.8 Å². The van der Waals surface area contributed by atoms with Crippen LogP contribution in [0.15, 0.2) is 23.6 Å². The number of amides is 1. The van der Waals surface area contributed by atoms with Gasteiger partial charge in [-0.05, 0) is 54.8 Å². The van der Waals surface area contributed by atoms with Crippen molar-refractivity contribution >= 4 is 38.9 Å². The molecule has 3 aliphatic heterocycles. The van der Waals surface area contributed by atoms with Crippen LogP contribution < -0.4 is 5.32 Å². The molecule has 11 nitrogen and oxygen atoms in total. The normalized spacial score (nSPS) is 19.7. The van der Waals surface area contributed by atoms with Crippen molar-refractivity contribution < 1.29 is 36.6 Å². The summed E-state index contributed by atoms with van der Waals surface area (Å²) in [5, 5.41) is 31.5. The van der Waals surface area contributed by atoms with Crippen LogP contribution in [0.5, 0.6) is 0 Å². The average Bonchev–Trinajstić information content (AvgIpc) is 3.75. The molecule has 2 aromatic heterocycles. The number of halogens is 4. The predicted octanol–water partition coefficient (Wildman–Crippen LogP) is 4.14. The fourth-order valence-electron chi connectivity index (χ4n) is 7.25. The number of benzene rings is 1. The van der Waals surface area contributed by atoms with Crippen molar-refractivity contribution in [3.05, 3.63) is 61.4 Å². The van der Waals surface area contributed by atoms with E-state index in [1.165, 1.54) is 27.8 Å². The SMILES string of the molecule is Cc1csc(C(O)NCc2cc(-c3nn(CC(O)CN4CCC(N5CCCC5=O)CC4)c4c3CN(S(C)(=O)=O)CC4)ccc2C(F)(F)F)c1Cl. The third-order valence-corrected chi connectivity index (χ3v) is 12.9. The quantitative estimate of drug-likeness (QED) is 0.249. The van der Waals surface area contributed by atoms with Crippen LogP contribution in [0.2, 0.25) is 5.02 Å². The molecule has 6 rings (SSSR count). The van der Waals surface area contributed by atoms with Gasteiger partial charge in [0.25, 0.3) is 0 Å². The molecule has 1 aromatic carbocycles. The van der Waals surface area contributed by atoms with E-state index in [-0.39, 0.29) is 43.7 Å². The number of nitrogens with zero attached hydrogens (tertiary/aromatic N) is 5. The number of carbonyl (C=O) groups excluding carboxylic acids is 1. The number of likely N-dealkylation sites (tertiary alicyclic amines) is 2. The summed E-state index contributed by atoms with van der Waals surface area (Å²) < 4.78 is 70.5. The number of fused-ring (bicyclic) bond motifs is 1. The number of rotatable bonds is 11. The van der Waals surface area contributed by atoms with Gasteiger partial charge >= 0.3 is 6.18 Å². The number of aryl methyl sites for hydroxylation is 1. The van der Waals surface area contributed by atoms with E-state index in [1.807, 2.05) is 4.90 Å². The lowest BCUT2D eigenvalue weighted by Crippen LogP contribution is -2.47. The Bertz CT molecular complexity index is 1830. The summed E-state index contributed by atoms with van der Waals surface area (Å²) in [4.78, 5) is 16.7.